The third-order valence-electron chi connectivity index (χ3n) is 3.61. The predicted octanol–water partition coefficient (Wildman–Crippen LogP) is 1.12. The Balaban J connectivity index is 1.99. The first-order valence-electron chi connectivity index (χ1n) is 6.70. The van der Waals surface area contributed by atoms with E-state index in [1.165, 1.54) is 0 Å². The van der Waals surface area contributed by atoms with Crippen LogP contribution in [-0.2, 0) is 7.05 Å². The lowest BCUT2D eigenvalue weighted by Gasteiger charge is -2.20. The van der Waals surface area contributed by atoms with Crippen LogP contribution in [0.25, 0.3) is 0 Å². The Labute approximate surface area is 119 Å². The molecule has 6 heteroatoms. The number of aromatic nitrogens is 2. The molecule has 0 bridgehead atoms. The molecule has 106 valence electrons. The summed E-state index contributed by atoms with van der Waals surface area (Å²) in [5, 5.41) is 4.26. The lowest BCUT2D eigenvalue weighted by atomic mass is 10.3. The molecule has 0 aliphatic carbocycles. The van der Waals surface area contributed by atoms with Gasteiger partial charge in [-0.25, -0.2) is 0 Å². The maximum Gasteiger partial charge on any atom is 0.274 e. The van der Waals surface area contributed by atoms with Crippen molar-refractivity contribution in [1.29, 1.82) is 0 Å². The molecule has 0 aromatic carbocycles. The first-order chi connectivity index (χ1) is 9.11. The van der Waals surface area contributed by atoms with Crippen molar-refractivity contribution in [1.82, 2.24) is 19.6 Å². The molecule has 1 aromatic rings. The van der Waals surface area contributed by atoms with Gasteiger partial charge >= 0.3 is 0 Å². The smallest absolute Gasteiger partial charge is 0.274 e. The highest BCUT2D eigenvalue weighted by atomic mass is 35.5. The minimum atomic E-state index is 0.0384. The molecule has 1 aliphatic heterocycles. The fourth-order valence-corrected chi connectivity index (χ4v) is 2.58. The highest BCUT2D eigenvalue weighted by molar-refractivity contribution is 6.18. The van der Waals surface area contributed by atoms with E-state index in [9.17, 15) is 4.79 Å². The number of nitrogens with zero attached hydrogens (tertiary/aromatic N) is 4. The van der Waals surface area contributed by atoms with Gasteiger partial charge in [-0.1, -0.05) is 0 Å². The number of amides is 1. The second kappa shape index (κ2) is 6.39. The van der Waals surface area contributed by atoms with E-state index >= 15 is 0 Å². The fraction of sp³-hybridized carbons (Fsp3) is 0.692. The average molecular weight is 285 g/mol. The molecule has 1 aliphatic rings. The summed E-state index contributed by atoms with van der Waals surface area (Å²) in [4.78, 5) is 16.6. The number of carbonyl (C=O) groups excluding carboxylic acids is 1. The lowest BCUT2D eigenvalue weighted by molar-refractivity contribution is 0.0755. The number of rotatable bonds is 3. The van der Waals surface area contributed by atoms with E-state index in [4.69, 9.17) is 11.6 Å². The topological polar surface area (TPSA) is 41.4 Å². The number of hydrogen-bond donors (Lipinski definition) is 0. The summed E-state index contributed by atoms with van der Waals surface area (Å²) in [6.07, 6.45) is 0.994. The van der Waals surface area contributed by atoms with Crippen molar-refractivity contribution in [3.8, 4) is 0 Å². The van der Waals surface area contributed by atoms with Gasteiger partial charge in [0.05, 0.1) is 0 Å². The van der Waals surface area contributed by atoms with Crippen LogP contribution < -0.4 is 0 Å². The summed E-state index contributed by atoms with van der Waals surface area (Å²) in [5.74, 6) is 0.685. The third kappa shape index (κ3) is 3.48. The summed E-state index contributed by atoms with van der Waals surface area (Å²) >= 11 is 5.77. The van der Waals surface area contributed by atoms with Crippen LogP contribution in [0, 0.1) is 6.92 Å². The largest absolute Gasteiger partial charge is 0.336 e. The van der Waals surface area contributed by atoms with Crippen LogP contribution in [0.15, 0.2) is 6.07 Å². The molecular formula is C13H21ClN4O. The van der Waals surface area contributed by atoms with Crippen molar-refractivity contribution in [3.05, 3.63) is 17.5 Å². The summed E-state index contributed by atoms with van der Waals surface area (Å²) in [6.45, 7) is 6.31. The molecule has 0 atom stereocenters. The Morgan fingerprint density at radius 1 is 1.37 bits per heavy atom. The van der Waals surface area contributed by atoms with Gasteiger partial charge in [-0.05, 0) is 26.0 Å². The van der Waals surface area contributed by atoms with Crippen LogP contribution in [0.3, 0.4) is 0 Å². The number of halogens is 1. The van der Waals surface area contributed by atoms with Gasteiger partial charge in [-0.15, -0.1) is 11.6 Å². The Morgan fingerprint density at radius 2 is 2.16 bits per heavy atom. The summed E-state index contributed by atoms with van der Waals surface area (Å²) < 4.78 is 1.74. The highest BCUT2D eigenvalue weighted by Gasteiger charge is 2.22. The highest BCUT2D eigenvalue weighted by Crippen LogP contribution is 2.09. The van der Waals surface area contributed by atoms with E-state index < -0.39 is 0 Å². The Bertz CT molecular complexity index is 426. The zero-order valence-electron chi connectivity index (χ0n) is 11.6. The van der Waals surface area contributed by atoms with Crippen molar-refractivity contribution < 1.29 is 4.79 Å². The molecule has 0 spiro atoms. The van der Waals surface area contributed by atoms with Crippen LogP contribution >= 0.6 is 11.6 Å². The molecule has 1 aromatic heterocycles. The monoisotopic (exact) mass is 284 g/mol. The van der Waals surface area contributed by atoms with E-state index in [-0.39, 0.29) is 5.91 Å². The molecule has 2 rings (SSSR count). The SMILES string of the molecule is Cc1cc(C(=O)N2CCCN(CCCl)CC2)nn1C. The molecule has 0 saturated carbocycles. The zero-order valence-corrected chi connectivity index (χ0v) is 12.4. The first kappa shape index (κ1) is 14.3. The molecule has 0 N–H and O–H groups in total. The van der Waals surface area contributed by atoms with Gasteiger partial charge in [0.1, 0.15) is 0 Å². The summed E-state index contributed by atoms with van der Waals surface area (Å²) in [6, 6.07) is 1.85. The van der Waals surface area contributed by atoms with Gasteiger partial charge in [-0.3, -0.25) is 9.48 Å². The van der Waals surface area contributed by atoms with E-state index in [1.54, 1.807) is 4.68 Å². The zero-order chi connectivity index (χ0) is 13.8. The number of hydrogen-bond acceptors (Lipinski definition) is 3. The van der Waals surface area contributed by atoms with Crippen molar-refractivity contribution >= 4 is 17.5 Å². The van der Waals surface area contributed by atoms with Gasteiger partial charge in [0.25, 0.3) is 5.91 Å². The van der Waals surface area contributed by atoms with E-state index in [2.05, 4.69) is 10.00 Å². The Hall–Kier alpha value is -1.07. The molecule has 0 unspecified atom stereocenters. The molecule has 1 amide bonds. The van der Waals surface area contributed by atoms with Gasteiger partial charge in [0.2, 0.25) is 0 Å². The number of aryl methyl sites for hydroxylation is 2. The van der Waals surface area contributed by atoms with Crippen LogP contribution in [0.1, 0.15) is 22.6 Å². The van der Waals surface area contributed by atoms with Crippen molar-refractivity contribution in [2.75, 3.05) is 38.6 Å². The molecule has 1 saturated heterocycles. The maximum absolute atomic E-state index is 12.4. The number of alkyl halides is 1. The minimum Gasteiger partial charge on any atom is -0.336 e. The van der Waals surface area contributed by atoms with Crippen molar-refractivity contribution in [2.45, 2.75) is 13.3 Å². The van der Waals surface area contributed by atoms with E-state index in [0.717, 1.165) is 44.8 Å². The van der Waals surface area contributed by atoms with Crippen LogP contribution in [-0.4, -0.2) is 64.1 Å². The quantitative estimate of drug-likeness (QED) is 0.781. The summed E-state index contributed by atoms with van der Waals surface area (Å²) in [5.41, 5.74) is 1.55. The van der Waals surface area contributed by atoms with Crippen molar-refractivity contribution in [2.24, 2.45) is 7.05 Å². The normalized spacial score (nSPS) is 17.5. The lowest BCUT2D eigenvalue weighted by Crippen LogP contribution is -2.35. The maximum atomic E-state index is 12.4. The third-order valence-corrected chi connectivity index (χ3v) is 3.78. The second-order valence-corrected chi connectivity index (χ2v) is 5.35. The first-order valence-corrected chi connectivity index (χ1v) is 7.23. The van der Waals surface area contributed by atoms with E-state index in [0.29, 0.717) is 11.6 Å². The second-order valence-electron chi connectivity index (χ2n) is 4.97. The minimum absolute atomic E-state index is 0.0384. The fourth-order valence-electron chi connectivity index (χ4n) is 2.34. The molecule has 0 radical (unpaired) electrons. The van der Waals surface area contributed by atoms with Crippen LogP contribution in [0.4, 0.5) is 0 Å². The molecule has 19 heavy (non-hydrogen) atoms. The van der Waals surface area contributed by atoms with Crippen LogP contribution in [0.5, 0.6) is 0 Å². The van der Waals surface area contributed by atoms with Crippen molar-refractivity contribution in [3.63, 3.8) is 0 Å². The van der Waals surface area contributed by atoms with Crippen LogP contribution in [0.2, 0.25) is 0 Å². The standard InChI is InChI=1S/C13H21ClN4O/c1-11-10-12(15-16(11)2)13(19)18-6-3-5-17(7-4-14)8-9-18/h10H,3-9H2,1-2H3. The predicted molar refractivity (Wildman–Crippen MR) is 75.6 cm³/mol. The van der Waals surface area contributed by atoms with Gasteiger partial charge in [0.15, 0.2) is 5.69 Å². The molecular weight excluding hydrogens is 264 g/mol. The molecule has 2 heterocycles. The van der Waals surface area contributed by atoms with Gasteiger partial charge < -0.3 is 9.80 Å². The Kier molecular flexibility index (Phi) is 4.82. The van der Waals surface area contributed by atoms with E-state index in [1.807, 2.05) is 24.9 Å². The number of carbonyl (C=O) groups is 1. The molecule has 1 fully saturated rings. The Morgan fingerprint density at radius 3 is 2.79 bits per heavy atom. The van der Waals surface area contributed by atoms with Gasteiger partial charge in [-0.2, -0.15) is 5.10 Å². The summed E-state index contributed by atoms with van der Waals surface area (Å²) in [7, 11) is 1.86. The molecule has 5 nitrogen and oxygen atoms in total. The van der Waals surface area contributed by atoms with Gasteiger partial charge in [0, 0.05) is 44.8 Å². The average Bonchev–Trinajstić information content (AvgIpc) is 2.61.